The molecule has 0 fully saturated rings. The number of benzene rings is 1. The van der Waals surface area contributed by atoms with Gasteiger partial charge in [-0.1, -0.05) is 24.3 Å². The average molecular weight is 399 g/mol. The highest BCUT2D eigenvalue weighted by atomic mass is 19.1. The Morgan fingerprint density at radius 3 is 2.83 bits per heavy atom. The van der Waals surface area contributed by atoms with Crippen LogP contribution in [0.15, 0.2) is 67.1 Å². The molecule has 1 aliphatic heterocycles. The highest BCUT2D eigenvalue weighted by molar-refractivity contribution is 5.90. The first-order valence-corrected chi connectivity index (χ1v) is 9.49. The summed E-state index contributed by atoms with van der Waals surface area (Å²) in [5, 5.41) is 8.53. The third-order valence-electron chi connectivity index (χ3n) is 4.95. The minimum atomic E-state index is -0.285. The molecule has 0 amide bonds. The predicted octanol–water partition coefficient (Wildman–Crippen LogP) is 3.16. The summed E-state index contributed by atoms with van der Waals surface area (Å²) in [4.78, 5) is 13.4. The van der Waals surface area contributed by atoms with Gasteiger partial charge in [-0.15, -0.1) is 0 Å². The van der Waals surface area contributed by atoms with Crippen LogP contribution in [0.25, 0.3) is 28.1 Å². The number of fused-ring (bicyclic) bond motifs is 1. The molecule has 0 bridgehead atoms. The fraction of sp³-hybridized carbons (Fsp3) is 0.0909. The van der Waals surface area contributed by atoms with Crippen LogP contribution in [0.3, 0.4) is 0 Å². The van der Waals surface area contributed by atoms with Crippen molar-refractivity contribution in [3.63, 3.8) is 0 Å². The fourth-order valence-electron chi connectivity index (χ4n) is 3.46. The first kappa shape index (κ1) is 18.0. The summed E-state index contributed by atoms with van der Waals surface area (Å²) in [6.45, 7) is 0.974. The summed E-state index contributed by atoms with van der Waals surface area (Å²) in [6, 6.07) is 10.3. The predicted molar refractivity (Wildman–Crippen MR) is 114 cm³/mol. The van der Waals surface area contributed by atoms with Crippen LogP contribution in [0.1, 0.15) is 11.1 Å². The first-order valence-electron chi connectivity index (χ1n) is 9.49. The molecule has 5 rings (SSSR count). The Hall–Kier alpha value is -4.07. The lowest BCUT2D eigenvalue weighted by atomic mass is 10.1. The number of dihydropyridines is 1. The molecule has 1 aromatic carbocycles. The molecule has 0 radical (unpaired) electrons. The van der Waals surface area contributed by atoms with Crippen molar-refractivity contribution in [3.05, 3.63) is 84.1 Å². The average Bonchev–Trinajstić information content (AvgIpc) is 3.14. The molecule has 3 aromatic heterocycles. The zero-order valence-corrected chi connectivity index (χ0v) is 16.0. The molecular weight excluding hydrogens is 381 g/mol. The Labute approximate surface area is 171 Å². The van der Waals surface area contributed by atoms with E-state index >= 15 is 0 Å². The number of nitrogens with two attached hydrogens (primary N) is 1. The number of anilines is 1. The van der Waals surface area contributed by atoms with Crippen LogP contribution < -0.4 is 11.1 Å². The molecular formula is C22H18FN7. The van der Waals surface area contributed by atoms with E-state index in [1.165, 1.54) is 6.07 Å². The topological polar surface area (TPSA) is 94.5 Å². The van der Waals surface area contributed by atoms with E-state index < -0.39 is 0 Å². The number of nitrogen functional groups attached to an aromatic ring is 1. The van der Waals surface area contributed by atoms with Crippen LogP contribution in [0.4, 0.5) is 10.2 Å². The van der Waals surface area contributed by atoms with Crippen LogP contribution in [0.5, 0.6) is 0 Å². The molecule has 0 spiro atoms. The summed E-state index contributed by atoms with van der Waals surface area (Å²) in [7, 11) is 0. The van der Waals surface area contributed by atoms with Gasteiger partial charge in [0.05, 0.1) is 11.9 Å². The highest BCUT2D eigenvalue weighted by Gasteiger charge is 2.18. The van der Waals surface area contributed by atoms with Crippen LogP contribution in [0, 0.1) is 5.82 Å². The van der Waals surface area contributed by atoms with Gasteiger partial charge >= 0.3 is 0 Å². The summed E-state index contributed by atoms with van der Waals surface area (Å²) in [5.74, 6) is 0.491. The fourth-order valence-corrected chi connectivity index (χ4v) is 3.46. The number of nitrogens with zero attached hydrogens (tertiary/aromatic N) is 5. The van der Waals surface area contributed by atoms with E-state index in [1.54, 1.807) is 35.3 Å². The van der Waals surface area contributed by atoms with Gasteiger partial charge in [-0.05, 0) is 36.0 Å². The van der Waals surface area contributed by atoms with E-state index in [4.69, 9.17) is 5.73 Å². The molecule has 4 heterocycles. The third-order valence-corrected chi connectivity index (χ3v) is 4.95. The van der Waals surface area contributed by atoms with Crippen LogP contribution in [0.2, 0.25) is 0 Å². The molecule has 148 valence electrons. The van der Waals surface area contributed by atoms with Gasteiger partial charge in [-0.3, -0.25) is 0 Å². The molecule has 3 N–H and O–H groups in total. The third kappa shape index (κ3) is 3.18. The summed E-state index contributed by atoms with van der Waals surface area (Å²) in [6.07, 6.45) is 9.21. The molecule has 0 atom stereocenters. The lowest BCUT2D eigenvalue weighted by molar-refractivity contribution is 0.589. The quantitative estimate of drug-likeness (QED) is 0.547. The van der Waals surface area contributed by atoms with Gasteiger partial charge in [0.15, 0.2) is 11.5 Å². The van der Waals surface area contributed by atoms with E-state index in [9.17, 15) is 4.39 Å². The van der Waals surface area contributed by atoms with E-state index in [0.29, 0.717) is 28.5 Å². The Morgan fingerprint density at radius 2 is 2.03 bits per heavy atom. The SMILES string of the molecule is Nc1nc(-c2nn(Cc3ccccc3F)c3ncccc23)ncc1C1=CCNC=C1. The molecule has 4 aromatic rings. The Kier molecular flexibility index (Phi) is 4.44. The monoisotopic (exact) mass is 399 g/mol. The summed E-state index contributed by atoms with van der Waals surface area (Å²) in [5.41, 5.74) is 9.69. The zero-order valence-electron chi connectivity index (χ0n) is 16.0. The largest absolute Gasteiger partial charge is 0.387 e. The summed E-state index contributed by atoms with van der Waals surface area (Å²) < 4.78 is 15.8. The van der Waals surface area contributed by atoms with Crippen molar-refractivity contribution in [3.8, 4) is 11.5 Å². The Balaban J connectivity index is 1.58. The molecule has 0 unspecified atom stereocenters. The smallest absolute Gasteiger partial charge is 0.182 e. The van der Waals surface area contributed by atoms with Crippen molar-refractivity contribution in [2.24, 2.45) is 0 Å². The maximum atomic E-state index is 14.2. The second-order valence-electron chi connectivity index (χ2n) is 6.87. The number of nitrogens with one attached hydrogen (secondary N) is 1. The summed E-state index contributed by atoms with van der Waals surface area (Å²) >= 11 is 0. The van der Waals surface area contributed by atoms with Crippen molar-refractivity contribution in [1.82, 2.24) is 30.0 Å². The maximum absolute atomic E-state index is 14.2. The van der Waals surface area contributed by atoms with E-state index in [0.717, 1.165) is 23.1 Å². The van der Waals surface area contributed by atoms with Gasteiger partial charge in [-0.2, -0.15) is 5.10 Å². The van der Waals surface area contributed by atoms with Gasteiger partial charge in [0, 0.05) is 30.1 Å². The number of halogens is 1. The molecule has 0 saturated carbocycles. The van der Waals surface area contributed by atoms with Crippen LogP contribution in [-0.4, -0.2) is 31.3 Å². The lowest BCUT2D eigenvalue weighted by Crippen LogP contribution is -2.10. The van der Waals surface area contributed by atoms with E-state index in [-0.39, 0.29) is 12.4 Å². The van der Waals surface area contributed by atoms with Crippen molar-refractivity contribution in [2.75, 3.05) is 12.3 Å². The van der Waals surface area contributed by atoms with E-state index in [1.807, 2.05) is 30.5 Å². The normalized spacial score (nSPS) is 13.3. The second kappa shape index (κ2) is 7.40. The Bertz CT molecular complexity index is 1310. The van der Waals surface area contributed by atoms with Crippen molar-refractivity contribution >= 4 is 22.4 Å². The van der Waals surface area contributed by atoms with Gasteiger partial charge in [0.25, 0.3) is 0 Å². The second-order valence-corrected chi connectivity index (χ2v) is 6.87. The number of allylic oxidation sites excluding steroid dienone is 2. The number of aromatic nitrogens is 5. The van der Waals surface area contributed by atoms with Gasteiger partial charge in [0.1, 0.15) is 17.3 Å². The Morgan fingerprint density at radius 1 is 1.13 bits per heavy atom. The molecule has 7 nitrogen and oxygen atoms in total. The van der Waals surface area contributed by atoms with Gasteiger partial charge < -0.3 is 11.1 Å². The van der Waals surface area contributed by atoms with Crippen LogP contribution in [-0.2, 0) is 6.54 Å². The van der Waals surface area contributed by atoms with Gasteiger partial charge in [-0.25, -0.2) is 24.0 Å². The molecule has 0 aliphatic carbocycles. The number of pyridine rings is 1. The first-order chi connectivity index (χ1) is 14.7. The number of rotatable bonds is 4. The van der Waals surface area contributed by atoms with Gasteiger partial charge in [0.2, 0.25) is 0 Å². The van der Waals surface area contributed by atoms with Crippen molar-refractivity contribution in [1.29, 1.82) is 0 Å². The van der Waals surface area contributed by atoms with Crippen molar-refractivity contribution < 1.29 is 4.39 Å². The minimum Gasteiger partial charge on any atom is -0.387 e. The highest BCUT2D eigenvalue weighted by Crippen LogP contribution is 2.28. The number of hydrogen-bond donors (Lipinski definition) is 2. The standard InChI is InChI=1S/C22H18FN7/c23-18-6-2-1-4-15(18)13-30-22-16(5-3-9-26-22)19(29-30)21-27-12-17(20(24)28-21)14-7-10-25-11-8-14/h1-10,12,25H,11,13H2,(H2,24,27,28). The van der Waals surface area contributed by atoms with Crippen molar-refractivity contribution in [2.45, 2.75) is 6.54 Å². The molecule has 0 saturated heterocycles. The minimum absolute atomic E-state index is 0.248. The molecule has 8 heteroatoms. The lowest BCUT2D eigenvalue weighted by Gasteiger charge is -2.10. The number of hydrogen-bond acceptors (Lipinski definition) is 6. The maximum Gasteiger partial charge on any atom is 0.182 e. The van der Waals surface area contributed by atoms with Crippen LogP contribution >= 0.6 is 0 Å². The molecule has 30 heavy (non-hydrogen) atoms. The zero-order chi connectivity index (χ0) is 20.5. The molecule has 1 aliphatic rings. The van der Waals surface area contributed by atoms with E-state index in [2.05, 4.69) is 25.4 Å².